The largest absolute Gasteiger partial charge is 0.379 e. The highest BCUT2D eigenvalue weighted by atomic mass is 32.2. The lowest BCUT2D eigenvalue weighted by Crippen LogP contribution is -2.47. The number of guanidine groups is 1. The molecule has 1 rings (SSSR count). The van der Waals surface area contributed by atoms with Gasteiger partial charge in [-0.2, -0.15) is 0 Å². The molecule has 0 aromatic rings. The van der Waals surface area contributed by atoms with Crippen molar-refractivity contribution in [2.45, 2.75) is 44.0 Å². The lowest BCUT2D eigenvalue weighted by atomic mass is 10.2. The summed E-state index contributed by atoms with van der Waals surface area (Å²) in [5.41, 5.74) is 0. The highest BCUT2D eigenvalue weighted by Gasteiger charge is 2.30. The van der Waals surface area contributed by atoms with Crippen LogP contribution in [0.2, 0.25) is 0 Å². The van der Waals surface area contributed by atoms with Gasteiger partial charge in [0.25, 0.3) is 0 Å². The summed E-state index contributed by atoms with van der Waals surface area (Å²) in [6.45, 7) is 6.59. The molecule has 0 amide bonds. The predicted octanol–water partition coefficient (Wildman–Crippen LogP) is 0.560. The number of hydrogen-bond acceptors (Lipinski definition) is 5. The van der Waals surface area contributed by atoms with E-state index in [1.807, 2.05) is 0 Å². The molecule has 136 valence electrons. The first-order chi connectivity index (χ1) is 10.8. The van der Waals surface area contributed by atoms with E-state index >= 15 is 0 Å². The van der Waals surface area contributed by atoms with Crippen LogP contribution in [0.4, 0.5) is 0 Å². The molecule has 1 aliphatic rings. The highest BCUT2D eigenvalue weighted by molar-refractivity contribution is 7.92. The third-order valence-electron chi connectivity index (χ3n) is 3.99. The first-order valence-electron chi connectivity index (χ1n) is 8.10. The van der Waals surface area contributed by atoms with E-state index in [1.54, 1.807) is 20.9 Å². The summed E-state index contributed by atoms with van der Waals surface area (Å²) in [6.07, 6.45) is 4.57. The Morgan fingerprint density at radius 1 is 1.39 bits per heavy atom. The van der Waals surface area contributed by atoms with E-state index in [0.717, 1.165) is 25.9 Å². The Morgan fingerprint density at radius 3 is 2.70 bits per heavy atom. The lowest BCUT2D eigenvalue weighted by Gasteiger charge is -2.24. The number of aliphatic imine (C=N–C) groups is 1. The van der Waals surface area contributed by atoms with Crippen molar-refractivity contribution in [1.82, 2.24) is 10.6 Å². The molecule has 1 heterocycles. The van der Waals surface area contributed by atoms with Gasteiger partial charge in [-0.15, -0.1) is 0 Å². The number of sulfone groups is 1. The maximum Gasteiger partial charge on any atom is 0.191 e. The highest BCUT2D eigenvalue weighted by Crippen LogP contribution is 2.13. The smallest absolute Gasteiger partial charge is 0.191 e. The molecule has 0 aromatic carbocycles. The Labute approximate surface area is 140 Å². The van der Waals surface area contributed by atoms with Crippen LogP contribution in [0.5, 0.6) is 0 Å². The molecule has 1 atom stereocenters. The molecule has 1 unspecified atom stereocenters. The second kappa shape index (κ2) is 9.44. The van der Waals surface area contributed by atoms with Crippen LogP contribution in [0, 0.1) is 0 Å². The first kappa shape index (κ1) is 20.2. The third-order valence-corrected chi connectivity index (χ3v) is 6.15. The van der Waals surface area contributed by atoms with Crippen molar-refractivity contribution in [3.05, 3.63) is 0 Å². The monoisotopic (exact) mass is 349 g/mol. The van der Waals surface area contributed by atoms with E-state index < -0.39 is 14.6 Å². The average Bonchev–Trinajstić information content (AvgIpc) is 2.97. The Hall–Kier alpha value is -0.860. The normalized spacial score (nSPS) is 19.8. The fourth-order valence-corrected chi connectivity index (χ4v) is 2.35. The molecule has 0 aromatic heterocycles. The summed E-state index contributed by atoms with van der Waals surface area (Å²) in [6, 6.07) is 0. The Balaban J connectivity index is 2.14. The third kappa shape index (κ3) is 7.50. The van der Waals surface area contributed by atoms with Gasteiger partial charge in [-0.25, -0.2) is 8.42 Å². The summed E-state index contributed by atoms with van der Waals surface area (Å²) in [7, 11) is -1.46. The van der Waals surface area contributed by atoms with Crippen molar-refractivity contribution in [3.63, 3.8) is 0 Å². The van der Waals surface area contributed by atoms with Gasteiger partial charge < -0.3 is 20.1 Å². The van der Waals surface area contributed by atoms with E-state index in [2.05, 4.69) is 15.6 Å². The number of nitrogens with one attached hydrogen (secondary N) is 2. The van der Waals surface area contributed by atoms with Gasteiger partial charge in [-0.05, 0) is 33.1 Å². The minimum Gasteiger partial charge on any atom is -0.379 e. The zero-order valence-corrected chi connectivity index (χ0v) is 15.5. The zero-order chi connectivity index (χ0) is 17.3. The molecule has 7 nitrogen and oxygen atoms in total. The molecule has 1 aliphatic heterocycles. The van der Waals surface area contributed by atoms with Crippen molar-refractivity contribution in [2.75, 3.05) is 46.2 Å². The van der Waals surface area contributed by atoms with Gasteiger partial charge in [0, 0.05) is 39.6 Å². The van der Waals surface area contributed by atoms with Gasteiger partial charge in [0.15, 0.2) is 15.8 Å². The van der Waals surface area contributed by atoms with Crippen LogP contribution in [-0.2, 0) is 19.3 Å². The van der Waals surface area contributed by atoms with Crippen molar-refractivity contribution in [2.24, 2.45) is 4.99 Å². The fraction of sp³-hybridized carbons (Fsp3) is 0.933. The van der Waals surface area contributed by atoms with Gasteiger partial charge in [0.1, 0.15) is 0 Å². The molecule has 8 heteroatoms. The molecule has 0 spiro atoms. The van der Waals surface area contributed by atoms with Gasteiger partial charge in [0.2, 0.25) is 0 Å². The molecule has 2 N–H and O–H groups in total. The van der Waals surface area contributed by atoms with Gasteiger partial charge >= 0.3 is 0 Å². The molecule has 1 saturated heterocycles. The van der Waals surface area contributed by atoms with Crippen LogP contribution in [0.3, 0.4) is 0 Å². The van der Waals surface area contributed by atoms with Crippen molar-refractivity contribution in [1.29, 1.82) is 0 Å². The van der Waals surface area contributed by atoms with Crippen LogP contribution in [0.1, 0.15) is 33.1 Å². The van der Waals surface area contributed by atoms with E-state index in [0.29, 0.717) is 32.3 Å². The average molecular weight is 349 g/mol. The van der Waals surface area contributed by atoms with E-state index in [4.69, 9.17) is 9.47 Å². The van der Waals surface area contributed by atoms with Gasteiger partial charge in [-0.1, -0.05) is 0 Å². The summed E-state index contributed by atoms with van der Waals surface area (Å²) >= 11 is 0. The summed E-state index contributed by atoms with van der Waals surface area (Å²) in [5, 5.41) is 6.21. The van der Waals surface area contributed by atoms with Crippen LogP contribution in [-0.4, -0.2) is 71.4 Å². The minimum absolute atomic E-state index is 0.260. The van der Waals surface area contributed by atoms with Gasteiger partial charge in [-0.3, -0.25) is 4.99 Å². The predicted molar refractivity (Wildman–Crippen MR) is 92.7 cm³/mol. The summed E-state index contributed by atoms with van der Waals surface area (Å²) in [5.74, 6) is 0.598. The van der Waals surface area contributed by atoms with Crippen molar-refractivity contribution < 1.29 is 17.9 Å². The molecule has 1 fully saturated rings. The first-order valence-corrected chi connectivity index (χ1v) is 9.99. The second-order valence-corrected chi connectivity index (χ2v) is 9.10. The van der Waals surface area contributed by atoms with Crippen LogP contribution < -0.4 is 10.6 Å². The van der Waals surface area contributed by atoms with E-state index in [9.17, 15) is 8.42 Å². The van der Waals surface area contributed by atoms with Crippen LogP contribution >= 0.6 is 0 Å². The van der Waals surface area contributed by atoms with Crippen LogP contribution in [0.15, 0.2) is 4.99 Å². The lowest BCUT2D eigenvalue weighted by molar-refractivity contribution is 0.0168. The molecular weight excluding hydrogens is 318 g/mol. The molecule has 23 heavy (non-hydrogen) atoms. The maximum absolute atomic E-state index is 11.7. The minimum atomic E-state index is -3.12. The molecular formula is C15H31N3O4S. The topological polar surface area (TPSA) is 89.0 Å². The maximum atomic E-state index is 11.7. The summed E-state index contributed by atoms with van der Waals surface area (Å²) in [4.78, 5) is 4.09. The Bertz CT molecular complexity index is 471. The molecule has 0 aliphatic carbocycles. The van der Waals surface area contributed by atoms with Crippen LogP contribution in [0.25, 0.3) is 0 Å². The summed E-state index contributed by atoms with van der Waals surface area (Å²) < 4.78 is 33.6. The fourth-order valence-electron chi connectivity index (χ4n) is 2.02. The number of ether oxygens (including phenoxy) is 2. The standard InChI is InChI=1S/C15H31N3O4S/c1-15(2,23(4,19)20)12-18-14(16-3)17-8-6-9-21-11-13-7-5-10-22-13/h13H,5-12H2,1-4H3,(H2,16,17,18). The number of rotatable bonds is 9. The number of hydrogen-bond donors (Lipinski definition) is 2. The van der Waals surface area contributed by atoms with E-state index in [-0.39, 0.29) is 6.10 Å². The Morgan fingerprint density at radius 2 is 2.13 bits per heavy atom. The van der Waals surface area contributed by atoms with Crippen molar-refractivity contribution in [3.8, 4) is 0 Å². The zero-order valence-electron chi connectivity index (χ0n) is 14.7. The quantitative estimate of drug-likeness (QED) is 0.359. The molecule has 0 saturated carbocycles. The molecule has 0 bridgehead atoms. The molecule has 0 radical (unpaired) electrons. The second-order valence-electron chi connectivity index (χ2n) is 6.45. The van der Waals surface area contributed by atoms with Gasteiger partial charge in [0.05, 0.1) is 17.5 Å². The SMILES string of the molecule is CN=C(NCCCOCC1CCCO1)NCC(C)(C)S(C)(=O)=O. The Kier molecular flexibility index (Phi) is 8.28. The number of nitrogens with zero attached hydrogens (tertiary/aromatic N) is 1. The van der Waals surface area contributed by atoms with E-state index in [1.165, 1.54) is 6.26 Å². The van der Waals surface area contributed by atoms with Crippen molar-refractivity contribution >= 4 is 15.8 Å².